The van der Waals surface area contributed by atoms with Crippen molar-refractivity contribution in [3.05, 3.63) is 41.1 Å². The number of allylic oxidation sites excluding steroid dienone is 1. The van der Waals surface area contributed by atoms with E-state index in [0.29, 0.717) is 29.9 Å². The lowest BCUT2D eigenvalue weighted by molar-refractivity contribution is -0.143. The van der Waals surface area contributed by atoms with E-state index in [4.69, 9.17) is 4.74 Å². The summed E-state index contributed by atoms with van der Waals surface area (Å²) in [6, 6.07) is 6.45. The summed E-state index contributed by atoms with van der Waals surface area (Å²) in [5.41, 5.74) is 2.40. The SMILES string of the molecule is CCCCCCCCCC(=O)Nc1cccc(C2NC(=O)N(CCCC)C(C)=C2C(=O)OC(C)C)c1. The molecule has 0 spiro atoms. The lowest BCUT2D eigenvalue weighted by atomic mass is 9.94. The first-order chi connectivity index (χ1) is 17.3. The van der Waals surface area contributed by atoms with Gasteiger partial charge in [-0.15, -0.1) is 0 Å². The Kier molecular flexibility index (Phi) is 12.5. The Bertz CT molecular complexity index is 910. The molecule has 1 atom stereocenters. The Balaban J connectivity index is 2.13. The van der Waals surface area contributed by atoms with Crippen LogP contribution in [0.15, 0.2) is 35.5 Å². The van der Waals surface area contributed by atoms with Gasteiger partial charge in [-0.2, -0.15) is 0 Å². The van der Waals surface area contributed by atoms with Gasteiger partial charge < -0.3 is 15.4 Å². The molecule has 0 radical (unpaired) electrons. The molecule has 7 nitrogen and oxygen atoms in total. The maximum atomic E-state index is 13.1. The summed E-state index contributed by atoms with van der Waals surface area (Å²) >= 11 is 0. The van der Waals surface area contributed by atoms with E-state index in [1.807, 2.05) is 24.3 Å². The van der Waals surface area contributed by atoms with Crippen LogP contribution in [0.1, 0.15) is 110 Å². The molecule has 1 unspecified atom stereocenters. The first-order valence-corrected chi connectivity index (χ1v) is 13.7. The van der Waals surface area contributed by atoms with Crippen LogP contribution in [0.25, 0.3) is 0 Å². The zero-order valence-electron chi connectivity index (χ0n) is 22.8. The summed E-state index contributed by atoms with van der Waals surface area (Å²) in [4.78, 5) is 40.2. The Morgan fingerprint density at radius 1 is 1.03 bits per heavy atom. The van der Waals surface area contributed by atoms with E-state index in [1.165, 1.54) is 32.1 Å². The molecule has 0 aromatic heterocycles. The molecule has 2 rings (SSSR count). The Morgan fingerprint density at radius 2 is 1.69 bits per heavy atom. The fourth-order valence-corrected chi connectivity index (χ4v) is 4.42. The highest BCUT2D eigenvalue weighted by Gasteiger charge is 2.36. The van der Waals surface area contributed by atoms with Crippen LogP contribution in [0.3, 0.4) is 0 Å². The smallest absolute Gasteiger partial charge is 0.338 e. The average molecular weight is 500 g/mol. The summed E-state index contributed by atoms with van der Waals surface area (Å²) < 4.78 is 5.54. The summed E-state index contributed by atoms with van der Waals surface area (Å²) in [5, 5.41) is 5.96. The number of carbonyl (C=O) groups is 3. The molecule has 1 aliphatic rings. The maximum Gasteiger partial charge on any atom is 0.338 e. The summed E-state index contributed by atoms with van der Waals surface area (Å²) in [6.45, 7) is 10.2. The van der Waals surface area contributed by atoms with Crippen molar-refractivity contribution >= 4 is 23.6 Å². The van der Waals surface area contributed by atoms with E-state index in [2.05, 4.69) is 24.5 Å². The minimum Gasteiger partial charge on any atom is -0.459 e. The number of rotatable bonds is 15. The van der Waals surface area contributed by atoms with Crippen molar-refractivity contribution in [3.8, 4) is 0 Å². The summed E-state index contributed by atoms with van der Waals surface area (Å²) in [5.74, 6) is -0.465. The molecule has 1 aliphatic heterocycles. The van der Waals surface area contributed by atoms with Crippen molar-refractivity contribution in [2.75, 3.05) is 11.9 Å². The maximum absolute atomic E-state index is 13.1. The number of nitrogens with one attached hydrogen (secondary N) is 2. The van der Waals surface area contributed by atoms with Gasteiger partial charge in [0.25, 0.3) is 0 Å². The summed E-state index contributed by atoms with van der Waals surface area (Å²) in [6.07, 6.45) is 10.1. The van der Waals surface area contributed by atoms with Crippen LogP contribution in [0.2, 0.25) is 0 Å². The number of ether oxygens (including phenoxy) is 1. The number of urea groups is 1. The minimum atomic E-state index is -0.651. The van der Waals surface area contributed by atoms with Gasteiger partial charge >= 0.3 is 12.0 Å². The highest BCUT2D eigenvalue weighted by Crippen LogP contribution is 2.33. The topological polar surface area (TPSA) is 87.7 Å². The molecule has 0 saturated heterocycles. The minimum absolute atomic E-state index is 0.0229. The standard InChI is InChI=1S/C29H45N3O4/c1-6-8-10-11-12-13-14-18-25(33)30-24-17-15-16-23(20-24)27-26(28(34)36-21(3)4)22(5)32(19-9-7-2)29(35)31-27/h15-17,20-21,27H,6-14,18-19H2,1-5H3,(H,30,33)(H,31,35). The van der Waals surface area contributed by atoms with Gasteiger partial charge in [-0.1, -0.05) is 70.9 Å². The molecule has 200 valence electrons. The van der Waals surface area contributed by atoms with Gasteiger partial charge in [-0.05, 0) is 51.3 Å². The zero-order chi connectivity index (χ0) is 26.5. The number of hydrogen-bond donors (Lipinski definition) is 2. The second kappa shape index (κ2) is 15.3. The van der Waals surface area contributed by atoms with E-state index >= 15 is 0 Å². The number of benzene rings is 1. The number of unbranched alkanes of at least 4 members (excludes halogenated alkanes) is 7. The molecule has 0 aliphatic carbocycles. The van der Waals surface area contributed by atoms with Crippen LogP contribution >= 0.6 is 0 Å². The molecular formula is C29H45N3O4. The molecule has 2 N–H and O–H groups in total. The lowest BCUT2D eigenvalue weighted by Gasteiger charge is -2.35. The van der Waals surface area contributed by atoms with Gasteiger partial charge in [0, 0.05) is 24.4 Å². The highest BCUT2D eigenvalue weighted by molar-refractivity contribution is 5.95. The molecule has 0 saturated carbocycles. The quantitative estimate of drug-likeness (QED) is 0.204. The van der Waals surface area contributed by atoms with Crippen molar-refractivity contribution in [1.29, 1.82) is 0 Å². The van der Waals surface area contributed by atoms with E-state index in [0.717, 1.165) is 31.2 Å². The number of esters is 1. The molecule has 7 heteroatoms. The molecule has 1 aromatic rings. The fourth-order valence-electron chi connectivity index (χ4n) is 4.42. The highest BCUT2D eigenvalue weighted by atomic mass is 16.5. The van der Waals surface area contributed by atoms with Crippen LogP contribution in [-0.4, -0.2) is 35.5 Å². The molecule has 1 aromatic carbocycles. The van der Waals surface area contributed by atoms with Gasteiger partial charge in [-0.25, -0.2) is 9.59 Å². The number of amides is 3. The van der Waals surface area contributed by atoms with E-state index in [1.54, 1.807) is 25.7 Å². The molecule has 36 heavy (non-hydrogen) atoms. The molecule has 1 heterocycles. The molecule has 0 fully saturated rings. The first kappa shape index (κ1) is 29.4. The van der Waals surface area contributed by atoms with E-state index in [9.17, 15) is 14.4 Å². The average Bonchev–Trinajstić information content (AvgIpc) is 2.82. The van der Waals surface area contributed by atoms with Gasteiger partial charge in [0.1, 0.15) is 0 Å². The largest absolute Gasteiger partial charge is 0.459 e. The van der Waals surface area contributed by atoms with E-state index in [-0.39, 0.29) is 18.0 Å². The van der Waals surface area contributed by atoms with Gasteiger partial charge in [-0.3, -0.25) is 9.69 Å². The van der Waals surface area contributed by atoms with E-state index < -0.39 is 12.0 Å². The lowest BCUT2D eigenvalue weighted by Crippen LogP contribution is -2.48. The second-order valence-electron chi connectivity index (χ2n) is 9.89. The number of hydrogen-bond acceptors (Lipinski definition) is 4. The van der Waals surface area contributed by atoms with Gasteiger partial charge in [0.15, 0.2) is 0 Å². The number of anilines is 1. The van der Waals surface area contributed by atoms with Crippen LogP contribution < -0.4 is 10.6 Å². The van der Waals surface area contributed by atoms with Crippen molar-refractivity contribution in [2.24, 2.45) is 0 Å². The zero-order valence-corrected chi connectivity index (χ0v) is 22.8. The Hall–Kier alpha value is -2.83. The number of carbonyl (C=O) groups excluding carboxylic acids is 3. The third-order valence-corrected chi connectivity index (χ3v) is 6.41. The second-order valence-corrected chi connectivity index (χ2v) is 9.89. The van der Waals surface area contributed by atoms with Crippen LogP contribution in [-0.2, 0) is 14.3 Å². The van der Waals surface area contributed by atoms with Crippen molar-refractivity contribution in [3.63, 3.8) is 0 Å². The van der Waals surface area contributed by atoms with Crippen molar-refractivity contribution in [2.45, 2.75) is 111 Å². The number of nitrogens with zero attached hydrogens (tertiary/aromatic N) is 1. The normalized spacial score (nSPS) is 15.8. The summed E-state index contributed by atoms with van der Waals surface area (Å²) in [7, 11) is 0. The first-order valence-electron chi connectivity index (χ1n) is 13.7. The fraction of sp³-hybridized carbons (Fsp3) is 0.621. The monoisotopic (exact) mass is 499 g/mol. The van der Waals surface area contributed by atoms with Crippen molar-refractivity contribution < 1.29 is 19.1 Å². The van der Waals surface area contributed by atoms with Crippen LogP contribution in [0.4, 0.5) is 10.5 Å². The third kappa shape index (κ3) is 8.99. The Morgan fingerprint density at radius 3 is 2.36 bits per heavy atom. The molecule has 0 bridgehead atoms. The van der Waals surface area contributed by atoms with Gasteiger partial charge in [0.05, 0.1) is 17.7 Å². The van der Waals surface area contributed by atoms with Crippen molar-refractivity contribution in [1.82, 2.24) is 10.2 Å². The third-order valence-electron chi connectivity index (χ3n) is 6.41. The predicted octanol–water partition coefficient (Wildman–Crippen LogP) is 6.86. The van der Waals surface area contributed by atoms with Gasteiger partial charge in [0.2, 0.25) is 5.91 Å². The van der Waals surface area contributed by atoms with Crippen LogP contribution in [0, 0.1) is 0 Å². The Labute approximate surface area is 217 Å². The predicted molar refractivity (Wildman–Crippen MR) is 144 cm³/mol. The molecular weight excluding hydrogens is 454 g/mol. The molecule has 3 amide bonds. The van der Waals surface area contributed by atoms with Crippen LogP contribution in [0.5, 0.6) is 0 Å².